The lowest BCUT2D eigenvalue weighted by Crippen LogP contribution is -2.49. The van der Waals surface area contributed by atoms with Crippen molar-refractivity contribution in [3.8, 4) is 0 Å². The molecule has 4 nitrogen and oxygen atoms in total. The van der Waals surface area contributed by atoms with Crippen LogP contribution in [0.15, 0.2) is 0 Å². The first-order chi connectivity index (χ1) is 9.34. The van der Waals surface area contributed by atoms with Crippen LogP contribution in [0, 0.1) is 5.92 Å². The van der Waals surface area contributed by atoms with Gasteiger partial charge in [0.1, 0.15) is 0 Å². The molecular formula is C15H29NO3S. The number of hydrogen-bond acceptors (Lipinski definition) is 4. The van der Waals surface area contributed by atoms with Crippen molar-refractivity contribution >= 4 is 9.84 Å². The third-order valence-electron chi connectivity index (χ3n) is 4.94. The summed E-state index contributed by atoms with van der Waals surface area (Å²) in [6.45, 7) is 5.89. The van der Waals surface area contributed by atoms with Crippen molar-refractivity contribution in [1.82, 2.24) is 4.90 Å². The lowest BCUT2D eigenvalue weighted by Gasteiger charge is -2.40. The second-order valence-electron chi connectivity index (χ2n) is 6.93. The normalized spacial score (nSPS) is 37.4. The zero-order valence-electron chi connectivity index (χ0n) is 12.8. The summed E-state index contributed by atoms with van der Waals surface area (Å²) in [5.74, 6) is 1.30. The van der Waals surface area contributed by atoms with E-state index in [1.54, 1.807) is 0 Å². The predicted octanol–water partition coefficient (Wildman–Crippen LogP) is 1.83. The van der Waals surface area contributed by atoms with E-state index in [4.69, 9.17) is 0 Å². The van der Waals surface area contributed by atoms with E-state index in [9.17, 15) is 13.5 Å². The number of sulfone groups is 1. The number of rotatable bonds is 5. The van der Waals surface area contributed by atoms with Crippen LogP contribution in [0.25, 0.3) is 0 Å². The van der Waals surface area contributed by atoms with Crippen LogP contribution in [0.2, 0.25) is 0 Å². The van der Waals surface area contributed by atoms with E-state index in [-0.39, 0.29) is 11.8 Å². The minimum absolute atomic E-state index is 0.114. The Hall–Kier alpha value is -0.130. The van der Waals surface area contributed by atoms with Gasteiger partial charge < -0.3 is 5.11 Å². The number of nitrogens with zero attached hydrogens (tertiary/aromatic N) is 1. The summed E-state index contributed by atoms with van der Waals surface area (Å²) in [5.41, 5.74) is -0.603. The van der Waals surface area contributed by atoms with Crippen LogP contribution >= 0.6 is 0 Å². The lowest BCUT2D eigenvalue weighted by molar-refractivity contribution is -0.0419. The zero-order valence-corrected chi connectivity index (χ0v) is 13.7. The van der Waals surface area contributed by atoms with E-state index in [2.05, 4.69) is 18.7 Å². The van der Waals surface area contributed by atoms with E-state index in [1.807, 2.05) is 0 Å². The molecule has 0 aromatic rings. The number of hydrogen-bond donors (Lipinski definition) is 1. The molecule has 1 heterocycles. The van der Waals surface area contributed by atoms with Crippen LogP contribution in [0.5, 0.6) is 0 Å². The molecule has 1 atom stereocenters. The van der Waals surface area contributed by atoms with Gasteiger partial charge in [-0.3, -0.25) is 4.90 Å². The van der Waals surface area contributed by atoms with Crippen molar-refractivity contribution in [1.29, 1.82) is 0 Å². The molecule has 1 saturated heterocycles. The fraction of sp³-hybridized carbons (Fsp3) is 1.00. The van der Waals surface area contributed by atoms with Crippen LogP contribution in [0.1, 0.15) is 52.4 Å². The Morgan fingerprint density at radius 1 is 1.25 bits per heavy atom. The highest BCUT2D eigenvalue weighted by atomic mass is 32.2. The number of aliphatic hydroxyl groups is 1. The van der Waals surface area contributed by atoms with E-state index in [0.717, 1.165) is 45.1 Å². The second kappa shape index (κ2) is 6.32. The van der Waals surface area contributed by atoms with Gasteiger partial charge >= 0.3 is 0 Å². The summed E-state index contributed by atoms with van der Waals surface area (Å²) in [6, 6.07) is 0.114. The standard InChI is InChI=1S/C15H29NO3S/c1-3-9-16(14-6-10-20(18,19)11-14)12-15(17)7-4-13(2)5-8-15/h13-14,17H,3-12H2,1-2H3. The van der Waals surface area contributed by atoms with E-state index in [1.165, 1.54) is 0 Å². The van der Waals surface area contributed by atoms with Crippen molar-refractivity contribution in [3.05, 3.63) is 0 Å². The van der Waals surface area contributed by atoms with Gasteiger partial charge in [-0.25, -0.2) is 8.42 Å². The molecule has 5 heteroatoms. The van der Waals surface area contributed by atoms with Crippen molar-refractivity contribution < 1.29 is 13.5 Å². The Bertz CT molecular complexity index is 413. The van der Waals surface area contributed by atoms with Gasteiger partial charge in [-0.15, -0.1) is 0 Å². The topological polar surface area (TPSA) is 57.6 Å². The molecule has 20 heavy (non-hydrogen) atoms. The molecule has 1 N–H and O–H groups in total. The Balaban J connectivity index is 1.99. The SMILES string of the molecule is CCCN(CC1(O)CCC(C)CC1)C1CCS(=O)(=O)C1. The molecule has 2 aliphatic rings. The van der Waals surface area contributed by atoms with Crippen LogP contribution in [0.4, 0.5) is 0 Å². The van der Waals surface area contributed by atoms with Gasteiger partial charge in [0, 0.05) is 12.6 Å². The van der Waals surface area contributed by atoms with Crippen LogP contribution < -0.4 is 0 Å². The summed E-state index contributed by atoms with van der Waals surface area (Å²) < 4.78 is 23.4. The first kappa shape index (κ1) is 16.2. The monoisotopic (exact) mass is 303 g/mol. The van der Waals surface area contributed by atoms with Gasteiger partial charge in [0.2, 0.25) is 0 Å². The maximum absolute atomic E-state index is 11.7. The van der Waals surface area contributed by atoms with Crippen molar-refractivity contribution in [3.63, 3.8) is 0 Å². The molecule has 2 rings (SSSR count). The molecule has 118 valence electrons. The Morgan fingerprint density at radius 2 is 1.90 bits per heavy atom. The van der Waals surface area contributed by atoms with Gasteiger partial charge in [0.15, 0.2) is 9.84 Å². The van der Waals surface area contributed by atoms with E-state index in [0.29, 0.717) is 18.2 Å². The Morgan fingerprint density at radius 3 is 2.40 bits per heavy atom. The first-order valence-corrected chi connectivity index (χ1v) is 9.82. The van der Waals surface area contributed by atoms with Gasteiger partial charge in [-0.2, -0.15) is 0 Å². The highest BCUT2D eigenvalue weighted by molar-refractivity contribution is 7.91. The van der Waals surface area contributed by atoms with E-state index < -0.39 is 15.4 Å². The molecule has 1 aliphatic heterocycles. The third-order valence-corrected chi connectivity index (χ3v) is 6.69. The smallest absolute Gasteiger partial charge is 0.151 e. The second-order valence-corrected chi connectivity index (χ2v) is 9.16. The van der Waals surface area contributed by atoms with E-state index >= 15 is 0 Å². The average molecular weight is 303 g/mol. The van der Waals surface area contributed by atoms with Crippen molar-refractivity contribution in [2.75, 3.05) is 24.6 Å². The van der Waals surface area contributed by atoms with Gasteiger partial charge in [0.25, 0.3) is 0 Å². The van der Waals surface area contributed by atoms with Crippen LogP contribution in [-0.2, 0) is 9.84 Å². The quantitative estimate of drug-likeness (QED) is 0.842. The summed E-state index contributed by atoms with van der Waals surface area (Å²) in [5, 5.41) is 10.8. The largest absolute Gasteiger partial charge is 0.389 e. The molecule has 0 aromatic carbocycles. The minimum atomic E-state index is -2.85. The van der Waals surface area contributed by atoms with Crippen LogP contribution in [0.3, 0.4) is 0 Å². The molecule has 0 aromatic heterocycles. The van der Waals surface area contributed by atoms with Gasteiger partial charge in [-0.05, 0) is 51.0 Å². The highest BCUT2D eigenvalue weighted by Gasteiger charge is 2.38. The van der Waals surface area contributed by atoms with Crippen molar-refractivity contribution in [2.24, 2.45) is 5.92 Å². The maximum Gasteiger partial charge on any atom is 0.151 e. The molecule has 0 bridgehead atoms. The Labute approximate surface area is 123 Å². The summed E-state index contributed by atoms with van der Waals surface area (Å²) in [7, 11) is -2.85. The minimum Gasteiger partial charge on any atom is -0.389 e. The Kier molecular flexibility index (Phi) is 5.14. The van der Waals surface area contributed by atoms with Gasteiger partial charge in [0.05, 0.1) is 17.1 Å². The molecule has 1 saturated carbocycles. The summed E-state index contributed by atoms with van der Waals surface area (Å²) >= 11 is 0. The average Bonchev–Trinajstić information content (AvgIpc) is 2.73. The lowest BCUT2D eigenvalue weighted by atomic mass is 9.79. The maximum atomic E-state index is 11.7. The predicted molar refractivity (Wildman–Crippen MR) is 81.5 cm³/mol. The summed E-state index contributed by atoms with van der Waals surface area (Å²) in [6.07, 6.45) is 5.61. The van der Waals surface area contributed by atoms with Crippen molar-refractivity contribution in [2.45, 2.75) is 64.0 Å². The fourth-order valence-electron chi connectivity index (χ4n) is 3.58. The molecule has 2 fully saturated rings. The summed E-state index contributed by atoms with van der Waals surface area (Å²) in [4.78, 5) is 2.24. The van der Waals surface area contributed by atoms with Gasteiger partial charge in [-0.1, -0.05) is 13.8 Å². The first-order valence-electron chi connectivity index (χ1n) is 8.00. The molecule has 1 aliphatic carbocycles. The molecular weight excluding hydrogens is 274 g/mol. The molecule has 0 amide bonds. The van der Waals surface area contributed by atoms with Crippen LogP contribution in [-0.4, -0.2) is 54.7 Å². The molecule has 0 radical (unpaired) electrons. The third kappa shape index (κ3) is 4.18. The molecule has 1 unspecified atom stereocenters. The zero-order chi connectivity index (χ0) is 14.8. The highest BCUT2D eigenvalue weighted by Crippen LogP contribution is 2.33. The fourth-order valence-corrected chi connectivity index (χ4v) is 5.34. The molecule has 0 spiro atoms.